The molecule has 1 saturated carbocycles. The fraction of sp³-hybridized carbons (Fsp3) is 0.429. The van der Waals surface area contributed by atoms with Gasteiger partial charge in [0, 0.05) is 6.20 Å². The number of hydrogen-bond acceptors (Lipinski definition) is 5. The van der Waals surface area contributed by atoms with Crippen LogP contribution >= 0.6 is 34.8 Å². The van der Waals surface area contributed by atoms with Crippen LogP contribution in [0.15, 0.2) is 6.20 Å². The standard InChI is InChI=1S/C14H12Cl3N3O3/c1-14(6-18,7-2-3-7)20-9(21)5-23-13(22)12-11(17)10(16)8(15)4-19-12/h4,7H,2-3,5H2,1H3,(H,20,21)/t14-/m1/s1. The van der Waals surface area contributed by atoms with Gasteiger partial charge in [-0.3, -0.25) is 4.79 Å². The van der Waals surface area contributed by atoms with Crippen molar-refractivity contribution < 1.29 is 14.3 Å². The molecule has 0 saturated heterocycles. The van der Waals surface area contributed by atoms with E-state index in [1.807, 2.05) is 0 Å². The molecule has 6 nitrogen and oxygen atoms in total. The number of hydrogen-bond donors (Lipinski definition) is 1. The predicted molar refractivity (Wildman–Crippen MR) is 84.4 cm³/mol. The van der Waals surface area contributed by atoms with Crippen LogP contribution in [-0.4, -0.2) is 29.0 Å². The van der Waals surface area contributed by atoms with Crippen LogP contribution in [0.5, 0.6) is 0 Å². The molecule has 1 aromatic rings. The van der Waals surface area contributed by atoms with Crippen LogP contribution in [0.4, 0.5) is 0 Å². The molecule has 1 heterocycles. The van der Waals surface area contributed by atoms with E-state index in [2.05, 4.69) is 16.4 Å². The first kappa shape index (κ1) is 17.8. The predicted octanol–water partition coefficient (Wildman–Crippen LogP) is 3.01. The highest BCUT2D eigenvalue weighted by atomic mass is 35.5. The third-order valence-electron chi connectivity index (χ3n) is 3.47. The molecule has 1 aliphatic carbocycles. The maximum absolute atomic E-state index is 11.9. The van der Waals surface area contributed by atoms with Crippen LogP contribution in [0.1, 0.15) is 30.3 Å². The monoisotopic (exact) mass is 375 g/mol. The van der Waals surface area contributed by atoms with Crippen molar-refractivity contribution >= 4 is 46.7 Å². The molecule has 1 aliphatic rings. The van der Waals surface area contributed by atoms with E-state index in [1.54, 1.807) is 6.92 Å². The normalized spacial score (nSPS) is 16.1. The lowest BCUT2D eigenvalue weighted by molar-refractivity contribution is -0.125. The molecule has 1 amide bonds. The van der Waals surface area contributed by atoms with Crippen LogP contribution < -0.4 is 5.32 Å². The highest BCUT2D eigenvalue weighted by molar-refractivity contribution is 6.48. The molecule has 0 unspecified atom stereocenters. The summed E-state index contributed by atoms with van der Waals surface area (Å²) in [5.41, 5.74) is -1.19. The second-order valence-corrected chi connectivity index (χ2v) is 6.46. The highest BCUT2D eigenvalue weighted by Gasteiger charge is 2.43. The number of nitriles is 1. The molecule has 2 rings (SSSR count). The molecule has 1 N–H and O–H groups in total. The average molecular weight is 377 g/mol. The molecule has 0 spiro atoms. The van der Waals surface area contributed by atoms with E-state index in [0.717, 1.165) is 19.0 Å². The van der Waals surface area contributed by atoms with Gasteiger partial charge in [0.1, 0.15) is 5.54 Å². The van der Waals surface area contributed by atoms with Gasteiger partial charge in [-0.1, -0.05) is 34.8 Å². The largest absolute Gasteiger partial charge is 0.451 e. The summed E-state index contributed by atoms with van der Waals surface area (Å²) in [5, 5.41) is 11.7. The molecule has 1 aromatic heterocycles. The zero-order valence-electron chi connectivity index (χ0n) is 12.0. The molecule has 1 atom stereocenters. The SMILES string of the molecule is C[C@](C#N)(NC(=O)COC(=O)c1ncc(Cl)c(Cl)c1Cl)C1CC1. The van der Waals surface area contributed by atoms with Crippen molar-refractivity contribution in [1.82, 2.24) is 10.3 Å². The van der Waals surface area contributed by atoms with E-state index >= 15 is 0 Å². The van der Waals surface area contributed by atoms with E-state index < -0.39 is 24.0 Å². The maximum atomic E-state index is 11.9. The van der Waals surface area contributed by atoms with Gasteiger partial charge in [-0.05, 0) is 25.7 Å². The third kappa shape index (κ3) is 4.05. The lowest BCUT2D eigenvalue weighted by Crippen LogP contribution is -2.48. The third-order valence-corrected chi connectivity index (χ3v) is 4.71. The van der Waals surface area contributed by atoms with Crippen molar-refractivity contribution in [3.63, 3.8) is 0 Å². The minimum absolute atomic E-state index is 0.0227. The molecule has 1 fully saturated rings. The van der Waals surface area contributed by atoms with Gasteiger partial charge in [-0.2, -0.15) is 5.26 Å². The number of halogens is 3. The molecule has 0 aliphatic heterocycles. The Labute approximate surface area is 147 Å². The quantitative estimate of drug-likeness (QED) is 0.798. The minimum atomic E-state index is -0.955. The van der Waals surface area contributed by atoms with E-state index in [0.29, 0.717) is 0 Å². The Balaban J connectivity index is 1.96. The van der Waals surface area contributed by atoms with Crippen molar-refractivity contribution in [2.75, 3.05) is 6.61 Å². The highest BCUT2D eigenvalue weighted by Crippen LogP contribution is 2.39. The molecular formula is C14H12Cl3N3O3. The molecule has 0 aromatic carbocycles. The van der Waals surface area contributed by atoms with Gasteiger partial charge in [0.25, 0.3) is 5.91 Å². The van der Waals surface area contributed by atoms with Crippen LogP contribution in [0.2, 0.25) is 15.1 Å². The van der Waals surface area contributed by atoms with Gasteiger partial charge in [0.15, 0.2) is 12.3 Å². The lowest BCUT2D eigenvalue weighted by Gasteiger charge is -2.22. The summed E-state index contributed by atoms with van der Waals surface area (Å²) >= 11 is 17.4. The topological polar surface area (TPSA) is 92.1 Å². The van der Waals surface area contributed by atoms with Crippen LogP contribution in [0.25, 0.3) is 0 Å². The molecule has 0 bridgehead atoms. The molecule has 23 heavy (non-hydrogen) atoms. The fourth-order valence-electron chi connectivity index (χ4n) is 1.99. The second kappa shape index (κ2) is 6.91. The van der Waals surface area contributed by atoms with Gasteiger partial charge < -0.3 is 10.1 Å². The summed E-state index contributed by atoms with van der Waals surface area (Å²) in [6.45, 7) is 1.09. The Morgan fingerprint density at radius 1 is 1.43 bits per heavy atom. The van der Waals surface area contributed by atoms with Crippen molar-refractivity contribution in [3.05, 3.63) is 27.0 Å². The number of carbonyl (C=O) groups is 2. The smallest absolute Gasteiger partial charge is 0.359 e. The zero-order valence-corrected chi connectivity index (χ0v) is 14.3. The summed E-state index contributed by atoms with van der Waals surface area (Å²) in [4.78, 5) is 27.5. The van der Waals surface area contributed by atoms with Crippen molar-refractivity contribution in [2.45, 2.75) is 25.3 Å². The number of ether oxygens (including phenoxy) is 1. The Morgan fingerprint density at radius 3 is 2.65 bits per heavy atom. The number of nitrogens with zero attached hydrogens (tertiary/aromatic N) is 2. The number of nitrogens with one attached hydrogen (secondary N) is 1. The van der Waals surface area contributed by atoms with Gasteiger partial charge >= 0.3 is 5.97 Å². The van der Waals surface area contributed by atoms with Crippen LogP contribution in [0, 0.1) is 17.2 Å². The summed E-state index contributed by atoms with van der Waals surface area (Å²) in [5.74, 6) is -1.36. The van der Waals surface area contributed by atoms with E-state index in [1.165, 1.54) is 0 Å². The number of amides is 1. The van der Waals surface area contributed by atoms with E-state index in [-0.39, 0.29) is 26.7 Å². The number of carbonyl (C=O) groups excluding carboxylic acids is 2. The summed E-state index contributed by atoms with van der Waals surface area (Å²) < 4.78 is 4.85. The Bertz CT molecular complexity index is 700. The number of pyridine rings is 1. The first-order valence-corrected chi connectivity index (χ1v) is 7.80. The van der Waals surface area contributed by atoms with Crippen LogP contribution in [-0.2, 0) is 9.53 Å². The Morgan fingerprint density at radius 2 is 2.09 bits per heavy atom. The van der Waals surface area contributed by atoms with Crippen molar-refractivity contribution in [1.29, 1.82) is 5.26 Å². The Hall–Kier alpha value is -1.55. The van der Waals surface area contributed by atoms with Gasteiger partial charge in [0.2, 0.25) is 0 Å². The zero-order chi connectivity index (χ0) is 17.2. The van der Waals surface area contributed by atoms with Gasteiger partial charge in [-0.15, -0.1) is 0 Å². The molecular weight excluding hydrogens is 365 g/mol. The van der Waals surface area contributed by atoms with Crippen LogP contribution in [0.3, 0.4) is 0 Å². The molecule has 9 heteroatoms. The lowest BCUT2D eigenvalue weighted by atomic mass is 9.98. The summed E-state index contributed by atoms with van der Waals surface area (Å²) in [6.07, 6.45) is 2.92. The van der Waals surface area contributed by atoms with Gasteiger partial charge in [-0.25, -0.2) is 9.78 Å². The first-order chi connectivity index (χ1) is 10.8. The van der Waals surface area contributed by atoms with Crippen molar-refractivity contribution in [2.24, 2.45) is 5.92 Å². The fourth-order valence-corrected chi connectivity index (χ4v) is 2.55. The maximum Gasteiger partial charge on any atom is 0.359 e. The number of aromatic nitrogens is 1. The number of rotatable bonds is 5. The Kier molecular flexibility index (Phi) is 5.35. The molecule has 122 valence electrons. The minimum Gasteiger partial charge on any atom is -0.451 e. The van der Waals surface area contributed by atoms with Gasteiger partial charge in [0.05, 0.1) is 21.1 Å². The van der Waals surface area contributed by atoms with Crippen molar-refractivity contribution in [3.8, 4) is 6.07 Å². The summed E-state index contributed by atoms with van der Waals surface area (Å²) in [6, 6.07) is 2.08. The van der Waals surface area contributed by atoms with E-state index in [4.69, 9.17) is 44.8 Å². The molecule has 0 radical (unpaired) electrons. The van der Waals surface area contributed by atoms with E-state index in [9.17, 15) is 9.59 Å². The number of esters is 1. The summed E-state index contributed by atoms with van der Waals surface area (Å²) in [7, 11) is 0. The average Bonchev–Trinajstić information content (AvgIpc) is 3.35. The second-order valence-electron chi connectivity index (χ2n) is 5.30. The first-order valence-electron chi connectivity index (χ1n) is 6.67.